The Kier molecular flexibility index (Phi) is 5.61. The fourth-order valence-corrected chi connectivity index (χ4v) is 11.7. The minimum Gasteiger partial charge on any atom is -0.491 e. The largest absolute Gasteiger partial charge is 0.491 e. The number of hydrogen-bond acceptors (Lipinski definition) is 4. The second-order valence-corrected chi connectivity index (χ2v) is 14.5. The van der Waals surface area contributed by atoms with Crippen LogP contribution in [0.3, 0.4) is 0 Å². The monoisotopic (exact) mass is 516 g/mol. The highest BCUT2D eigenvalue weighted by Crippen LogP contribution is 2.64. The standard InChI is InChI=1S/C34H44O4/c35-3-5-37-27-13-28-29(33-15-21-7-22(16-33)9-23(8-21)17-33)1-2-31(38-6-4-36)32(28)30(14-27)34-18-24-10-25(19-34)12-26(11-24)20-34/h1-2,13-14,21-26,35-36H,3-12,15-20H2. The molecule has 2 aromatic carbocycles. The van der Waals surface area contributed by atoms with E-state index in [0.717, 1.165) is 47.0 Å². The second-order valence-electron chi connectivity index (χ2n) is 14.5. The molecule has 8 fully saturated rings. The fraction of sp³-hybridized carbons (Fsp3) is 0.706. The lowest BCUT2D eigenvalue weighted by Gasteiger charge is -2.58. The van der Waals surface area contributed by atoms with Crippen LogP contribution in [-0.2, 0) is 10.8 Å². The highest BCUT2D eigenvalue weighted by Gasteiger charge is 2.54. The minimum absolute atomic E-state index is 0.0304. The molecule has 38 heavy (non-hydrogen) atoms. The van der Waals surface area contributed by atoms with Crippen LogP contribution in [0.1, 0.15) is 88.2 Å². The number of benzene rings is 2. The second kappa shape index (κ2) is 8.86. The lowest BCUT2D eigenvalue weighted by molar-refractivity contribution is -0.00534. The number of fused-ring (bicyclic) bond motifs is 1. The first-order valence-electron chi connectivity index (χ1n) is 15.7. The third kappa shape index (κ3) is 3.69. The SMILES string of the molecule is OCCOc1cc(C23CC4CC(CC(C4)C2)C3)c2c(OCCO)ccc(C34CC5CC(CC(C5)C3)C4)c2c1. The molecular weight excluding hydrogens is 472 g/mol. The summed E-state index contributed by atoms with van der Waals surface area (Å²) < 4.78 is 12.6. The maximum atomic E-state index is 9.68. The van der Waals surface area contributed by atoms with Gasteiger partial charge in [-0.25, -0.2) is 0 Å². The number of ether oxygens (including phenoxy) is 2. The summed E-state index contributed by atoms with van der Waals surface area (Å²) in [6, 6.07) is 9.26. The van der Waals surface area contributed by atoms with Gasteiger partial charge in [0, 0.05) is 5.39 Å². The molecule has 0 atom stereocenters. The van der Waals surface area contributed by atoms with Gasteiger partial charge in [0.15, 0.2) is 0 Å². The minimum atomic E-state index is 0.0304. The molecule has 8 aliphatic carbocycles. The Morgan fingerprint density at radius 1 is 0.605 bits per heavy atom. The van der Waals surface area contributed by atoms with E-state index in [0.29, 0.717) is 13.2 Å². The van der Waals surface area contributed by atoms with Gasteiger partial charge in [0.25, 0.3) is 0 Å². The molecular formula is C34H44O4. The summed E-state index contributed by atoms with van der Waals surface area (Å²) >= 11 is 0. The number of aliphatic hydroxyl groups excluding tert-OH is 2. The Hall–Kier alpha value is -1.78. The molecule has 4 nitrogen and oxygen atoms in total. The molecule has 4 heteroatoms. The first kappa shape index (κ1) is 24.1. The van der Waals surface area contributed by atoms with E-state index in [1.807, 2.05) is 0 Å². The number of aliphatic hydroxyl groups is 2. The van der Waals surface area contributed by atoms with Crippen LogP contribution in [0, 0.1) is 35.5 Å². The van der Waals surface area contributed by atoms with Crippen LogP contribution in [0.15, 0.2) is 24.3 Å². The highest BCUT2D eigenvalue weighted by molar-refractivity contribution is 5.96. The van der Waals surface area contributed by atoms with Crippen molar-refractivity contribution in [3.63, 3.8) is 0 Å². The van der Waals surface area contributed by atoms with Crippen molar-refractivity contribution in [1.29, 1.82) is 0 Å². The van der Waals surface area contributed by atoms with Crippen molar-refractivity contribution in [3.8, 4) is 11.5 Å². The van der Waals surface area contributed by atoms with E-state index in [4.69, 9.17) is 9.47 Å². The van der Waals surface area contributed by atoms with Crippen LogP contribution in [0.5, 0.6) is 11.5 Å². The predicted molar refractivity (Wildman–Crippen MR) is 149 cm³/mol. The van der Waals surface area contributed by atoms with Crippen molar-refractivity contribution < 1.29 is 19.7 Å². The van der Waals surface area contributed by atoms with Gasteiger partial charge in [0.2, 0.25) is 0 Å². The van der Waals surface area contributed by atoms with E-state index in [2.05, 4.69) is 24.3 Å². The smallest absolute Gasteiger partial charge is 0.127 e. The van der Waals surface area contributed by atoms with Crippen LogP contribution in [-0.4, -0.2) is 36.6 Å². The molecule has 0 unspecified atom stereocenters. The van der Waals surface area contributed by atoms with Gasteiger partial charge in [0.05, 0.1) is 13.2 Å². The van der Waals surface area contributed by atoms with Gasteiger partial charge in [-0.05, 0) is 158 Å². The molecule has 0 radical (unpaired) electrons. The molecule has 0 amide bonds. The molecule has 0 aromatic heterocycles. The Bertz CT molecular complexity index is 1160. The summed E-state index contributed by atoms with van der Waals surface area (Å²) in [7, 11) is 0. The van der Waals surface area contributed by atoms with E-state index >= 15 is 0 Å². The first-order chi connectivity index (χ1) is 18.6. The molecule has 0 aliphatic heterocycles. The zero-order valence-corrected chi connectivity index (χ0v) is 22.8. The lowest BCUT2D eigenvalue weighted by atomic mass is 9.47. The molecule has 10 rings (SSSR count). The first-order valence-corrected chi connectivity index (χ1v) is 15.7. The highest BCUT2D eigenvalue weighted by atomic mass is 16.5. The predicted octanol–water partition coefficient (Wildman–Crippen LogP) is 6.52. The van der Waals surface area contributed by atoms with Crippen LogP contribution >= 0.6 is 0 Å². The number of rotatable bonds is 8. The topological polar surface area (TPSA) is 58.9 Å². The van der Waals surface area contributed by atoms with Crippen LogP contribution in [0.4, 0.5) is 0 Å². The van der Waals surface area contributed by atoms with Crippen LogP contribution in [0.2, 0.25) is 0 Å². The van der Waals surface area contributed by atoms with E-state index < -0.39 is 0 Å². The summed E-state index contributed by atoms with van der Waals surface area (Å²) in [5, 5.41) is 21.9. The molecule has 8 bridgehead atoms. The Balaban J connectivity index is 1.35. The average Bonchev–Trinajstić information content (AvgIpc) is 2.88. The third-order valence-corrected chi connectivity index (χ3v) is 12.0. The van der Waals surface area contributed by atoms with Crippen molar-refractivity contribution >= 4 is 10.8 Å². The molecule has 8 aliphatic rings. The molecule has 8 saturated carbocycles. The van der Waals surface area contributed by atoms with Crippen molar-refractivity contribution in [2.45, 2.75) is 87.9 Å². The van der Waals surface area contributed by atoms with Gasteiger partial charge < -0.3 is 19.7 Å². The average molecular weight is 517 g/mol. The quantitative estimate of drug-likeness (QED) is 0.420. The lowest BCUT2D eigenvalue weighted by Crippen LogP contribution is -2.49. The summed E-state index contributed by atoms with van der Waals surface area (Å²) in [5.74, 6) is 7.09. The summed E-state index contributed by atoms with van der Waals surface area (Å²) in [5.41, 5.74) is 3.45. The maximum absolute atomic E-state index is 9.68. The van der Waals surface area contributed by atoms with Crippen molar-refractivity contribution in [1.82, 2.24) is 0 Å². The molecule has 2 N–H and O–H groups in total. The van der Waals surface area contributed by atoms with Crippen molar-refractivity contribution in [3.05, 3.63) is 35.4 Å². The van der Waals surface area contributed by atoms with Crippen molar-refractivity contribution in [2.75, 3.05) is 26.4 Å². The van der Waals surface area contributed by atoms with Gasteiger partial charge >= 0.3 is 0 Å². The number of hydrogen-bond donors (Lipinski definition) is 2. The van der Waals surface area contributed by atoms with Crippen LogP contribution < -0.4 is 9.47 Å². The third-order valence-electron chi connectivity index (χ3n) is 12.0. The zero-order chi connectivity index (χ0) is 25.5. The van der Waals surface area contributed by atoms with E-state index in [-0.39, 0.29) is 24.0 Å². The van der Waals surface area contributed by atoms with Gasteiger partial charge in [-0.1, -0.05) is 6.07 Å². The molecule has 204 valence electrons. The Morgan fingerprint density at radius 2 is 1.08 bits per heavy atom. The van der Waals surface area contributed by atoms with E-state index in [1.54, 1.807) is 0 Å². The van der Waals surface area contributed by atoms with Gasteiger partial charge in [-0.2, -0.15) is 0 Å². The fourth-order valence-electron chi connectivity index (χ4n) is 11.7. The van der Waals surface area contributed by atoms with Gasteiger partial charge in [-0.3, -0.25) is 0 Å². The van der Waals surface area contributed by atoms with Crippen molar-refractivity contribution in [2.24, 2.45) is 35.5 Å². The van der Waals surface area contributed by atoms with E-state index in [9.17, 15) is 10.2 Å². The summed E-state index contributed by atoms with van der Waals surface area (Å²) in [6.07, 6.45) is 16.5. The zero-order valence-electron chi connectivity index (χ0n) is 22.8. The summed E-state index contributed by atoms with van der Waals surface area (Å²) in [6.45, 7) is 0.725. The summed E-state index contributed by atoms with van der Waals surface area (Å²) in [4.78, 5) is 0. The molecule has 0 spiro atoms. The van der Waals surface area contributed by atoms with E-state index in [1.165, 1.54) is 98.9 Å². The maximum Gasteiger partial charge on any atom is 0.127 e. The molecule has 0 saturated heterocycles. The molecule has 2 aromatic rings. The van der Waals surface area contributed by atoms with Crippen LogP contribution in [0.25, 0.3) is 10.8 Å². The molecule has 0 heterocycles. The van der Waals surface area contributed by atoms with Gasteiger partial charge in [0.1, 0.15) is 24.7 Å². The normalized spacial score (nSPS) is 40.3. The Morgan fingerprint density at radius 3 is 1.58 bits per heavy atom. The van der Waals surface area contributed by atoms with Gasteiger partial charge in [-0.15, -0.1) is 0 Å². The Labute approximate surface area is 227 Å².